The molecule has 20 heavy (non-hydrogen) atoms. The summed E-state index contributed by atoms with van der Waals surface area (Å²) < 4.78 is 5.48. The number of anilines is 3. The molecular formula is C15H16N4O. The molecule has 0 saturated heterocycles. The molecule has 0 fully saturated rings. The van der Waals surface area contributed by atoms with Crippen LogP contribution in [0.3, 0.4) is 0 Å². The van der Waals surface area contributed by atoms with Crippen LogP contribution in [0.25, 0.3) is 10.9 Å². The molecule has 0 atom stereocenters. The molecule has 0 saturated carbocycles. The highest BCUT2D eigenvalue weighted by molar-refractivity contribution is 5.89. The number of nitrogen functional groups attached to an aromatic ring is 1. The lowest BCUT2D eigenvalue weighted by Crippen LogP contribution is -1.97. The number of aromatic amines is 1. The van der Waals surface area contributed by atoms with Crippen LogP contribution in [0, 0.1) is 0 Å². The Bertz CT molecular complexity index is 736. The first-order chi connectivity index (χ1) is 9.76. The molecule has 0 bridgehead atoms. The third kappa shape index (κ3) is 2.38. The number of nitrogens with one attached hydrogen (secondary N) is 2. The monoisotopic (exact) mass is 268 g/mol. The maximum atomic E-state index is 6.05. The predicted octanol–water partition coefficient (Wildman–Crippen LogP) is 3.29. The topological polar surface area (TPSA) is 76.0 Å². The van der Waals surface area contributed by atoms with Crippen LogP contribution in [0.1, 0.15) is 6.92 Å². The highest BCUT2D eigenvalue weighted by Gasteiger charge is 2.05. The van der Waals surface area contributed by atoms with E-state index in [0.717, 1.165) is 28.0 Å². The van der Waals surface area contributed by atoms with Gasteiger partial charge in [0.15, 0.2) is 0 Å². The number of rotatable bonds is 4. The minimum atomic E-state index is 0.645. The molecule has 0 unspecified atom stereocenters. The fourth-order valence-corrected chi connectivity index (χ4v) is 2.10. The minimum Gasteiger partial charge on any atom is -0.494 e. The van der Waals surface area contributed by atoms with Gasteiger partial charge in [-0.05, 0) is 31.2 Å². The van der Waals surface area contributed by atoms with Gasteiger partial charge in [-0.1, -0.05) is 6.07 Å². The Hall–Kier alpha value is -2.69. The Labute approximate surface area is 116 Å². The largest absolute Gasteiger partial charge is 0.494 e. The maximum Gasteiger partial charge on any atom is 0.121 e. The van der Waals surface area contributed by atoms with Crippen molar-refractivity contribution in [1.29, 1.82) is 0 Å². The molecule has 3 rings (SSSR count). The summed E-state index contributed by atoms with van der Waals surface area (Å²) in [4.78, 5) is 0. The maximum absolute atomic E-state index is 6.05. The number of nitrogens with two attached hydrogens (primary N) is 1. The highest BCUT2D eigenvalue weighted by Crippen LogP contribution is 2.28. The van der Waals surface area contributed by atoms with E-state index in [-0.39, 0.29) is 0 Å². The lowest BCUT2D eigenvalue weighted by atomic mass is 10.2. The average molecular weight is 268 g/mol. The number of hydrogen-bond acceptors (Lipinski definition) is 4. The van der Waals surface area contributed by atoms with Gasteiger partial charge in [0.25, 0.3) is 0 Å². The molecule has 0 aliphatic heterocycles. The summed E-state index contributed by atoms with van der Waals surface area (Å²) in [5, 5.41) is 11.2. The summed E-state index contributed by atoms with van der Waals surface area (Å²) in [6.45, 7) is 2.61. The fraction of sp³-hybridized carbons (Fsp3) is 0.133. The van der Waals surface area contributed by atoms with Crippen molar-refractivity contribution in [2.45, 2.75) is 6.92 Å². The average Bonchev–Trinajstić information content (AvgIpc) is 2.87. The van der Waals surface area contributed by atoms with Gasteiger partial charge in [0.1, 0.15) is 5.75 Å². The zero-order valence-electron chi connectivity index (χ0n) is 11.2. The van der Waals surface area contributed by atoms with Crippen molar-refractivity contribution in [1.82, 2.24) is 10.2 Å². The second-order valence-corrected chi connectivity index (χ2v) is 4.48. The first-order valence-electron chi connectivity index (χ1n) is 6.49. The number of hydrogen-bond donors (Lipinski definition) is 3. The second kappa shape index (κ2) is 5.13. The van der Waals surface area contributed by atoms with Gasteiger partial charge in [-0.25, -0.2) is 0 Å². The highest BCUT2D eigenvalue weighted by atomic mass is 16.5. The molecule has 102 valence electrons. The SMILES string of the molecule is CCOc1cccc(Nc2cc3[nH]ncc3cc2N)c1. The lowest BCUT2D eigenvalue weighted by Gasteiger charge is -2.11. The summed E-state index contributed by atoms with van der Waals surface area (Å²) in [6, 6.07) is 11.6. The lowest BCUT2D eigenvalue weighted by molar-refractivity contribution is 0.340. The van der Waals surface area contributed by atoms with Gasteiger partial charge in [0.05, 0.1) is 29.7 Å². The molecule has 4 N–H and O–H groups in total. The Balaban J connectivity index is 1.91. The third-order valence-corrected chi connectivity index (χ3v) is 3.03. The van der Waals surface area contributed by atoms with E-state index < -0.39 is 0 Å². The van der Waals surface area contributed by atoms with E-state index in [2.05, 4.69) is 15.5 Å². The van der Waals surface area contributed by atoms with Crippen molar-refractivity contribution in [3.63, 3.8) is 0 Å². The number of aromatic nitrogens is 2. The zero-order valence-corrected chi connectivity index (χ0v) is 11.2. The molecule has 0 aliphatic rings. The Kier molecular flexibility index (Phi) is 3.16. The molecule has 5 heteroatoms. The van der Waals surface area contributed by atoms with Crippen molar-refractivity contribution >= 4 is 28.0 Å². The zero-order chi connectivity index (χ0) is 13.9. The van der Waals surface area contributed by atoms with Crippen molar-refractivity contribution < 1.29 is 4.74 Å². The summed E-state index contributed by atoms with van der Waals surface area (Å²) >= 11 is 0. The van der Waals surface area contributed by atoms with Gasteiger partial charge >= 0.3 is 0 Å². The van der Waals surface area contributed by atoms with Crippen LogP contribution in [-0.4, -0.2) is 16.8 Å². The Morgan fingerprint density at radius 1 is 1.30 bits per heavy atom. The van der Waals surface area contributed by atoms with Crippen molar-refractivity contribution in [2.24, 2.45) is 0 Å². The van der Waals surface area contributed by atoms with Crippen molar-refractivity contribution in [2.75, 3.05) is 17.7 Å². The van der Waals surface area contributed by atoms with E-state index in [1.807, 2.05) is 43.3 Å². The molecule has 0 radical (unpaired) electrons. The van der Waals surface area contributed by atoms with Crippen LogP contribution >= 0.6 is 0 Å². The molecule has 2 aromatic carbocycles. The van der Waals surface area contributed by atoms with Crippen LogP contribution in [0.5, 0.6) is 5.75 Å². The van der Waals surface area contributed by atoms with Crippen molar-refractivity contribution in [3.8, 4) is 5.75 Å². The summed E-state index contributed by atoms with van der Waals surface area (Å²) in [5.41, 5.74) is 9.46. The van der Waals surface area contributed by atoms with E-state index >= 15 is 0 Å². The van der Waals surface area contributed by atoms with E-state index in [1.165, 1.54) is 0 Å². The molecular weight excluding hydrogens is 252 g/mol. The molecule has 0 spiro atoms. The molecule has 1 heterocycles. The third-order valence-electron chi connectivity index (χ3n) is 3.03. The van der Waals surface area contributed by atoms with Gasteiger partial charge in [-0.2, -0.15) is 5.10 Å². The fourth-order valence-electron chi connectivity index (χ4n) is 2.10. The van der Waals surface area contributed by atoms with Gasteiger partial charge in [0.2, 0.25) is 0 Å². The normalized spacial score (nSPS) is 10.7. The summed E-state index contributed by atoms with van der Waals surface area (Å²) in [5.74, 6) is 0.832. The van der Waals surface area contributed by atoms with E-state index in [1.54, 1.807) is 6.20 Å². The Morgan fingerprint density at radius 2 is 2.20 bits per heavy atom. The first kappa shape index (κ1) is 12.3. The number of ether oxygens (including phenoxy) is 1. The molecule has 0 aliphatic carbocycles. The van der Waals surface area contributed by atoms with Gasteiger partial charge < -0.3 is 15.8 Å². The molecule has 0 amide bonds. The Morgan fingerprint density at radius 3 is 3.05 bits per heavy atom. The van der Waals surface area contributed by atoms with Gasteiger partial charge in [0, 0.05) is 17.1 Å². The number of H-pyrrole nitrogens is 1. The molecule has 1 aromatic heterocycles. The number of benzene rings is 2. The van der Waals surface area contributed by atoms with Crippen LogP contribution in [-0.2, 0) is 0 Å². The standard InChI is InChI=1S/C15H16N4O/c1-2-20-12-5-3-4-11(7-12)18-15-8-14-10(6-13(15)16)9-17-19-14/h3-9,18H,2,16H2,1H3,(H,17,19). The summed E-state index contributed by atoms with van der Waals surface area (Å²) in [7, 11) is 0. The second-order valence-electron chi connectivity index (χ2n) is 4.48. The van der Waals surface area contributed by atoms with Crippen LogP contribution < -0.4 is 15.8 Å². The molecule has 5 nitrogen and oxygen atoms in total. The first-order valence-corrected chi connectivity index (χ1v) is 6.49. The smallest absolute Gasteiger partial charge is 0.121 e. The van der Waals surface area contributed by atoms with E-state index in [9.17, 15) is 0 Å². The van der Waals surface area contributed by atoms with Gasteiger partial charge in [-0.15, -0.1) is 0 Å². The molecule has 3 aromatic rings. The quantitative estimate of drug-likeness (QED) is 0.635. The van der Waals surface area contributed by atoms with Crippen LogP contribution in [0.4, 0.5) is 17.1 Å². The van der Waals surface area contributed by atoms with Crippen molar-refractivity contribution in [3.05, 3.63) is 42.6 Å². The number of fused-ring (bicyclic) bond motifs is 1. The number of nitrogens with zero attached hydrogens (tertiary/aromatic N) is 1. The van der Waals surface area contributed by atoms with E-state index in [4.69, 9.17) is 10.5 Å². The van der Waals surface area contributed by atoms with E-state index in [0.29, 0.717) is 12.3 Å². The van der Waals surface area contributed by atoms with Gasteiger partial charge in [-0.3, -0.25) is 5.10 Å². The minimum absolute atomic E-state index is 0.645. The predicted molar refractivity (Wildman–Crippen MR) is 81.4 cm³/mol. The summed E-state index contributed by atoms with van der Waals surface area (Å²) in [6.07, 6.45) is 1.76. The van der Waals surface area contributed by atoms with Crippen LogP contribution in [0.2, 0.25) is 0 Å². The van der Waals surface area contributed by atoms with Crippen LogP contribution in [0.15, 0.2) is 42.6 Å².